The quantitative estimate of drug-likeness (QED) is 0.428. The van der Waals surface area contributed by atoms with Crippen molar-refractivity contribution in [3.05, 3.63) is 96.4 Å². The van der Waals surface area contributed by atoms with Gasteiger partial charge in [0, 0.05) is 22.7 Å². The monoisotopic (exact) mass is 456 g/mol. The van der Waals surface area contributed by atoms with Crippen LogP contribution in [-0.4, -0.2) is 25.2 Å². The number of aromatic carboxylic acids is 1. The molecule has 2 N–H and O–H groups in total. The van der Waals surface area contributed by atoms with E-state index in [4.69, 9.17) is 0 Å². The fourth-order valence-corrected chi connectivity index (χ4v) is 4.90. The van der Waals surface area contributed by atoms with Crippen molar-refractivity contribution < 1.29 is 9.90 Å². The largest absolute Gasteiger partial charge is 0.477 e. The molecule has 0 spiro atoms. The van der Waals surface area contributed by atoms with Crippen molar-refractivity contribution >= 4 is 39.1 Å². The Morgan fingerprint density at radius 3 is 2.70 bits per heavy atom. The molecular weight excluding hydrogens is 440 g/mol. The van der Waals surface area contributed by atoms with Gasteiger partial charge in [0.05, 0.1) is 33.7 Å². The number of aromatic amines is 1. The molecule has 33 heavy (non-hydrogen) atoms. The van der Waals surface area contributed by atoms with Gasteiger partial charge in [-0.1, -0.05) is 29.8 Å². The summed E-state index contributed by atoms with van der Waals surface area (Å²) >= 11 is 1.27. The first-order valence-corrected chi connectivity index (χ1v) is 10.9. The van der Waals surface area contributed by atoms with Crippen molar-refractivity contribution in [1.82, 2.24) is 14.1 Å². The summed E-state index contributed by atoms with van der Waals surface area (Å²) in [4.78, 5) is 41.5. The minimum absolute atomic E-state index is 0.00925. The highest BCUT2D eigenvalue weighted by molar-refractivity contribution is 7.09. The summed E-state index contributed by atoms with van der Waals surface area (Å²) in [7, 11) is 0. The van der Waals surface area contributed by atoms with E-state index in [0.29, 0.717) is 32.9 Å². The normalized spacial score (nSPS) is 11.2. The van der Waals surface area contributed by atoms with E-state index < -0.39 is 17.2 Å². The molecule has 0 aliphatic rings. The molecule has 0 amide bonds. The molecule has 162 valence electrons. The first-order chi connectivity index (χ1) is 15.9. The maximum absolute atomic E-state index is 13.3. The highest BCUT2D eigenvalue weighted by Gasteiger charge is 2.27. The van der Waals surface area contributed by atoms with Gasteiger partial charge in [-0.2, -0.15) is 5.26 Å². The fourth-order valence-electron chi connectivity index (χ4n) is 4.14. The summed E-state index contributed by atoms with van der Waals surface area (Å²) in [6, 6.07) is 14.4. The number of thiophene rings is 1. The van der Waals surface area contributed by atoms with E-state index >= 15 is 0 Å². The fraction of sp³-hybridized carbons (Fsp3) is 0.0833. The molecule has 0 bridgehead atoms. The third kappa shape index (κ3) is 3.16. The molecule has 0 unspecified atom stereocenters. The van der Waals surface area contributed by atoms with Gasteiger partial charge < -0.3 is 14.7 Å². The molecule has 2 aromatic carbocycles. The number of aromatic nitrogens is 3. The van der Waals surface area contributed by atoms with Crippen LogP contribution in [0, 0.1) is 18.3 Å². The van der Waals surface area contributed by atoms with Crippen LogP contribution >= 0.6 is 11.3 Å². The second kappa shape index (κ2) is 7.62. The van der Waals surface area contributed by atoms with Crippen molar-refractivity contribution in [1.29, 1.82) is 5.26 Å². The molecule has 0 radical (unpaired) electrons. The number of rotatable bonds is 4. The molecular formula is C24H16N4O4S. The molecule has 3 aromatic heterocycles. The molecule has 0 saturated heterocycles. The highest BCUT2D eigenvalue weighted by Crippen LogP contribution is 2.31. The van der Waals surface area contributed by atoms with E-state index in [1.54, 1.807) is 47.2 Å². The second-order valence-corrected chi connectivity index (χ2v) is 8.39. The Labute approximate surface area is 190 Å². The molecule has 0 atom stereocenters. The predicted octanol–water partition coefficient (Wildman–Crippen LogP) is 3.62. The van der Waals surface area contributed by atoms with Crippen LogP contribution in [0.4, 0.5) is 0 Å². The minimum atomic E-state index is -1.29. The van der Waals surface area contributed by atoms with E-state index in [-0.39, 0.29) is 17.9 Å². The molecule has 0 aliphatic heterocycles. The molecule has 5 aromatic rings. The van der Waals surface area contributed by atoms with E-state index in [1.165, 1.54) is 15.9 Å². The Morgan fingerprint density at radius 2 is 1.94 bits per heavy atom. The Balaban J connectivity index is 1.92. The Morgan fingerprint density at radius 1 is 1.15 bits per heavy atom. The van der Waals surface area contributed by atoms with E-state index in [0.717, 1.165) is 10.1 Å². The number of nitrogens with one attached hydrogen (secondary N) is 1. The van der Waals surface area contributed by atoms with Gasteiger partial charge >= 0.3 is 11.7 Å². The van der Waals surface area contributed by atoms with Crippen molar-refractivity contribution in [3.8, 4) is 11.8 Å². The summed E-state index contributed by atoms with van der Waals surface area (Å²) in [6.07, 6.45) is 0. The smallest absolute Gasteiger partial charge is 0.354 e. The second-order valence-electron chi connectivity index (χ2n) is 7.65. The number of carbonyl (C=O) groups is 1. The van der Waals surface area contributed by atoms with Crippen molar-refractivity contribution in [2.24, 2.45) is 0 Å². The Hall–Kier alpha value is -4.42. The van der Waals surface area contributed by atoms with Crippen molar-refractivity contribution in [2.45, 2.75) is 13.5 Å². The zero-order valence-electron chi connectivity index (χ0n) is 17.3. The molecule has 3 heterocycles. The van der Waals surface area contributed by atoms with Gasteiger partial charge in [0.1, 0.15) is 0 Å². The molecule has 9 heteroatoms. The van der Waals surface area contributed by atoms with Gasteiger partial charge in [-0.15, -0.1) is 11.3 Å². The lowest BCUT2D eigenvalue weighted by molar-refractivity contribution is 0.0686. The molecule has 0 saturated carbocycles. The van der Waals surface area contributed by atoms with Gasteiger partial charge in [0.25, 0.3) is 5.56 Å². The van der Waals surface area contributed by atoms with Gasteiger partial charge in [-0.05, 0) is 30.7 Å². The zero-order chi connectivity index (χ0) is 23.3. The number of nitrogens with zero attached hydrogens (tertiary/aromatic N) is 3. The predicted molar refractivity (Wildman–Crippen MR) is 125 cm³/mol. The summed E-state index contributed by atoms with van der Waals surface area (Å²) in [5.41, 5.74) is 1.34. The molecule has 8 nitrogen and oxygen atoms in total. The molecule has 5 rings (SSSR count). The Bertz CT molecular complexity index is 1750. The van der Waals surface area contributed by atoms with Crippen LogP contribution in [0.3, 0.4) is 0 Å². The van der Waals surface area contributed by atoms with Gasteiger partial charge in [0.15, 0.2) is 5.69 Å². The molecule has 0 fully saturated rings. The van der Waals surface area contributed by atoms with Crippen LogP contribution < -0.4 is 11.2 Å². The average Bonchev–Trinajstić information content (AvgIpc) is 3.37. The SMILES string of the molecule is Cc1ccc2c(c1)c(-n1c(=O)[nH]c3cscc3c1=O)c(C(=O)O)n2Cc1ccccc1C#N. The number of H-pyrrole nitrogens is 1. The number of carboxylic acids is 1. The third-order valence-electron chi connectivity index (χ3n) is 5.62. The average molecular weight is 456 g/mol. The van der Waals surface area contributed by atoms with Gasteiger partial charge in [0.2, 0.25) is 0 Å². The number of benzene rings is 2. The van der Waals surface area contributed by atoms with Crippen LogP contribution in [-0.2, 0) is 6.54 Å². The first kappa shape index (κ1) is 20.5. The van der Waals surface area contributed by atoms with Gasteiger partial charge in [-0.3, -0.25) is 4.79 Å². The Kier molecular flexibility index (Phi) is 4.73. The van der Waals surface area contributed by atoms with Crippen LogP contribution in [0.2, 0.25) is 0 Å². The number of aryl methyl sites for hydroxylation is 1. The van der Waals surface area contributed by atoms with E-state index in [1.807, 2.05) is 13.0 Å². The maximum atomic E-state index is 13.3. The summed E-state index contributed by atoms with van der Waals surface area (Å²) in [6.45, 7) is 1.93. The summed E-state index contributed by atoms with van der Waals surface area (Å²) in [5.74, 6) is -1.29. The van der Waals surface area contributed by atoms with Crippen molar-refractivity contribution in [3.63, 3.8) is 0 Å². The number of nitriles is 1. The summed E-state index contributed by atoms with van der Waals surface area (Å²) in [5, 5.41) is 23.8. The highest BCUT2D eigenvalue weighted by atomic mass is 32.1. The van der Waals surface area contributed by atoms with Crippen LogP contribution in [0.15, 0.2) is 62.8 Å². The number of carboxylic acid groups (broad SMARTS) is 1. The maximum Gasteiger partial charge on any atom is 0.354 e. The number of fused-ring (bicyclic) bond motifs is 2. The minimum Gasteiger partial charge on any atom is -0.477 e. The summed E-state index contributed by atoms with van der Waals surface area (Å²) < 4.78 is 2.43. The van der Waals surface area contributed by atoms with E-state index in [2.05, 4.69) is 11.1 Å². The van der Waals surface area contributed by atoms with Crippen molar-refractivity contribution in [2.75, 3.05) is 0 Å². The molecule has 0 aliphatic carbocycles. The van der Waals surface area contributed by atoms with Crippen LogP contribution in [0.1, 0.15) is 27.2 Å². The zero-order valence-corrected chi connectivity index (χ0v) is 18.1. The third-order valence-corrected chi connectivity index (χ3v) is 6.37. The van der Waals surface area contributed by atoms with Crippen LogP contribution in [0.25, 0.3) is 27.5 Å². The number of hydrogen-bond acceptors (Lipinski definition) is 5. The van der Waals surface area contributed by atoms with E-state index in [9.17, 15) is 24.8 Å². The number of hydrogen-bond donors (Lipinski definition) is 2. The van der Waals surface area contributed by atoms with Gasteiger partial charge in [-0.25, -0.2) is 14.2 Å². The lowest BCUT2D eigenvalue weighted by atomic mass is 10.1. The topological polar surface area (TPSA) is 121 Å². The first-order valence-electron chi connectivity index (χ1n) is 9.96. The standard InChI is InChI=1S/C24H16N4O4S/c1-13-6-7-19-16(8-13)20(28-22(29)17-11-33-12-18(17)26-24(28)32)21(23(30)31)27(19)10-15-5-3-2-4-14(15)9-25/h2-8,11-12H,10H2,1H3,(H,26,32)(H,30,31). The van der Waals surface area contributed by atoms with Crippen LogP contribution in [0.5, 0.6) is 0 Å². The lowest BCUT2D eigenvalue weighted by Crippen LogP contribution is -2.34. The lowest BCUT2D eigenvalue weighted by Gasteiger charge is -2.11.